The number of aromatic nitrogens is 3. The van der Waals surface area contributed by atoms with Gasteiger partial charge in [-0.3, -0.25) is 9.48 Å². The highest BCUT2D eigenvalue weighted by Gasteiger charge is 2.21. The molecular weight excluding hydrogens is 194 g/mol. The molecular formula is C10H17N3O2. The fourth-order valence-electron chi connectivity index (χ4n) is 1.27. The van der Waals surface area contributed by atoms with Crippen molar-refractivity contribution in [3.63, 3.8) is 0 Å². The lowest BCUT2D eigenvalue weighted by molar-refractivity contribution is -0.123. The summed E-state index contributed by atoms with van der Waals surface area (Å²) in [5.74, 6) is 0.796. The molecule has 0 aliphatic rings. The Labute approximate surface area is 89.5 Å². The van der Waals surface area contributed by atoms with Crippen LogP contribution in [-0.4, -0.2) is 33.3 Å². The van der Waals surface area contributed by atoms with Gasteiger partial charge in [0.05, 0.1) is 12.0 Å². The minimum absolute atomic E-state index is 0.109. The molecule has 0 aliphatic heterocycles. The van der Waals surface area contributed by atoms with E-state index in [2.05, 4.69) is 10.1 Å². The third-order valence-corrected chi connectivity index (χ3v) is 2.34. The number of rotatable bonds is 5. The van der Waals surface area contributed by atoms with Gasteiger partial charge in [0.2, 0.25) is 0 Å². The molecule has 0 radical (unpaired) electrons. The van der Waals surface area contributed by atoms with Crippen molar-refractivity contribution in [1.29, 1.82) is 0 Å². The van der Waals surface area contributed by atoms with Gasteiger partial charge in [-0.25, -0.2) is 4.98 Å². The van der Waals surface area contributed by atoms with Crippen molar-refractivity contribution in [1.82, 2.24) is 14.8 Å². The summed E-state index contributed by atoms with van der Waals surface area (Å²) in [6.45, 7) is 3.78. The minimum Gasteiger partial charge on any atom is -0.378 e. The summed E-state index contributed by atoms with van der Waals surface area (Å²) < 4.78 is 6.80. The standard InChI is InChI=1S/C10H17N3O2/c1-10(2,15-4)6-8(14)5-9-11-7-12-13(9)3/h7H,5-6H2,1-4H3. The number of carbonyl (C=O) groups excluding carboxylic acids is 1. The maximum absolute atomic E-state index is 11.7. The molecule has 0 amide bonds. The molecule has 0 unspecified atom stereocenters. The van der Waals surface area contributed by atoms with Crippen LogP contribution >= 0.6 is 0 Å². The number of aryl methyl sites for hydroxylation is 1. The van der Waals surface area contributed by atoms with E-state index >= 15 is 0 Å². The van der Waals surface area contributed by atoms with Crippen molar-refractivity contribution >= 4 is 5.78 Å². The molecule has 15 heavy (non-hydrogen) atoms. The largest absolute Gasteiger partial charge is 0.378 e. The van der Waals surface area contributed by atoms with Crippen LogP contribution in [0.2, 0.25) is 0 Å². The molecule has 84 valence electrons. The summed E-state index contributed by atoms with van der Waals surface area (Å²) in [6, 6.07) is 0. The van der Waals surface area contributed by atoms with Crippen LogP contribution < -0.4 is 0 Å². The van der Waals surface area contributed by atoms with E-state index in [0.717, 1.165) is 0 Å². The molecule has 0 saturated heterocycles. The van der Waals surface area contributed by atoms with Gasteiger partial charge in [-0.05, 0) is 13.8 Å². The van der Waals surface area contributed by atoms with Crippen molar-refractivity contribution < 1.29 is 9.53 Å². The van der Waals surface area contributed by atoms with Gasteiger partial charge in [-0.15, -0.1) is 0 Å². The molecule has 0 aromatic carbocycles. The molecule has 0 fully saturated rings. The van der Waals surface area contributed by atoms with E-state index < -0.39 is 5.60 Å². The molecule has 0 atom stereocenters. The lowest BCUT2D eigenvalue weighted by atomic mass is 10.00. The molecule has 0 aliphatic carbocycles. The number of hydrogen-bond donors (Lipinski definition) is 0. The first-order valence-electron chi connectivity index (χ1n) is 4.84. The number of carbonyl (C=O) groups is 1. The van der Waals surface area contributed by atoms with Crippen LogP contribution in [0.25, 0.3) is 0 Å². The highest BCUT2D eigenvalue weighted by Crippen LogP contribution is 2.14. The average Bonchev–Trinajstić information content (AvgIpc) is 2.51. The van der Waals surface area contributed by atoms with Crippen molar-refractivity contribution in [2.24, 2.45) is 7.05 Å². The summed E-state index contributed by atoms with van der Waals surface area (Å²) in [6.07, 6.45) is 2.14. The third-order valence-electron chi connectivity index (χ3n) is 2.34. The molecule has 0 bridgehead atoms. The quantitative estimate of drug-likeness (QED) is 0.721. The summed E-state index contributed by atoms with van der Waals surface area (Å²) >= 11 is 0. The van der Waals surface area contributed by atoms with Crippen molar-refractivity contribution in [3.05, 3.63) is 12.2 Å². The number of Topliss-reactive ketones (excluding diaryl/α,β-unsaturated/α-hetero) is 1. The molecule has 0 N–H and O–H groups in total. The molecule has 0 spiro atoms. The first-order valence-corrected chi connectivity index (χ1v) is 4.84. The van der Waals surface area contributed by atoms with Gasteiger partial charge >= 0.3 is 0 Å². The smallest absolute Gasteiger partial charge is 0.143 e. The Hall–Kier alpha value is -1.23. The van der Waals surface area contributed by atoms with Crippen LogP contribution in [0.5, 0.6) is 0 Å². The van der Waals surface area contributed by atoms with Crippen LogP contribution in [-0.2, 0) is 23.0 Å². The number of methoxy groups -OCH3 is 1. The second-order valence-electron chi connectivity index (χ2n) is 4.16. The number of ether oxygens (including phenoxy) is 1. The van der Waals surface area contributed by atoms with E-state index in [1.807, 2.05) is 13.8 Å². The normalized spacial score (nSPS) is 11.7. The molecule has 5 nitrogen and oxygen atoms in total. The third kappa shape index (κ3) is 3.43. The minimum atomic E-state index is -0.407. The Morgan fingerprint density at radius 3 is 2.73 bits per heavy atom. The second-order valence-corrected chi connectivity index (χ2v) is 4.16. The van der Waals surface area contributed by atoms with Gasteiger partial charge in [0.15, 0.2) is 0 Å². The molecule has 1 rings (SSSR count). The van der Waals surface area contributed by atoms with Gasteiger partial charge in [-0.2, -0.15) is 5.10 Å². The lowest BCUT2D eigenvalue weighted by Gasteiger charge is -2.21. The molecule has 1 aromatic rings. The van der Waals surface area contributed by atoms with Crippen molar-refractivity contribution in [2.75, 3.05) is 7.11 Å². The van der Waals surface area contributed by atoms with Crippen molar-refractivity contribution in [2.45, 2.75) is 32.3 Å². The first-order chi connectivity index (χ1) is 6.94. The van der Waals surface area contributed by atoms with Crippen LogP contribution in [0.15, 0.2) is 6.33 Å². The summed E-state index contributed by atoms with van der Waals surface area (Å²) in [5.41, 5.74) is -0.407. The number of ketones is 1. The molecule has 1 aromatic heterocycles. The maximum Gasteiger partial charge on any atom is 0.143 e. The fourth-order valence-corrected chi connectivity index (χ4v) is 1.27. The van der Waals surface area contributed by atoms with Gasteiger partial charge in [-0.1, -0.05) is 0 Å². The zero-order valence-corrected chi connectivity index (χ0v) is 9.65. The topological polar surface area (TPSA) is 57.0 Å². The average molecular weight is 211 g/mol. The SMILES string of the molecule is COC(C)(C)CC(=O)Cc1ncnn1C. The highest BCUT2D eigenvalue weighted by atomic mass is 16.5. The van der Waals surface area contributed by atoms with Crippen LogP contribution in [0, 0.1) is 0 Å². The molecule has 1 heterocycles. The number of hydrogen-bond acceptors (Lipinski definition) is 4. The number of nitrogens with zero attached hydrogens (tertiary/aromatic N) is 3. The predicted molar refractivity (Wildman–Crippen MR) is 55.4 cm³/mol. The first kappa shape index (κ1) is 11.8. The highest BCUT2D eigenvalue weighted by molar-refractivity contribution is 5.81. The fraction of sp³-hybridized carbons (Fsp3) is 0.700. The summed E-state index contributed by atoms with van der Waals surface area (Å²) in [7, 11) is 3.38. The Kier molecular flexibility index (Phi) is 3.57. The summed E-state index contributed by atoms with van der Waals surface area (Å²) in [4.78, 5) is 15.7. The Morgan fingerprint density at radius 1 is 1.60 bits per heavy atom. The lowest BCUT2D eigenvalue weighted by Crippen LogP contribution is -2.27. The monoisotopic (exact) mass is 211 g/mol. The van der Waals surface area contributed by atoms with Gasteiger partial charge < -0.3 is 4.74 Å². The molecule has 5 heteroatoms. The molecule has 0 saturated carbocycles. The second kappa shape index (κ2) is 4.53. The Balaban J connectivity index is 2.54. The van der Waals surface area contributed by atoms with E-state index in [1.54, 1.807) is 18.8 Å². The van der Waals surface area contributed by atoms with Crippen LogP contribution in [0.4, 0.5) is 0 Å². The Bertz CT molecular complexity index is 344. The predicted octanol–water partition coefficient (Wildman–Crippen LogP) is 0.742. The Morgan fingerprint density at radius 2 is 2.27 bits per heavy atom. The van der Waals surface area contributed by atoms with E-state index in [1.165, 1.54) is 6.33 Å². The van der Waals surface area contributed by atoms with Crippen LogP contribution in [0.3, 0.4) is 0 Å². The van der Waals surface area contributed by atoms with Crippen molar-refractivity contribution in [3.8, 4) is 0 Å². The van der Waals surface area contributed by atoms with E-state index in [-0.39, 0.29) is 5.78 Å². The van der Waals surface area contributed by atoms with E-state index in [0.29, 0.717) is 18.7 Å². The zero-order chi connectivity index (χ0) is 11.5. The van der Waals surface area contributed by atoms with Crippen LogP contribution in [0.1, 0.15) is 26.1 Å². The zero-order valence-electron chi connectivity index (χ0n) is 9.65. The van der Waals surface area contributed by atoms with Gasteiger partial charge in [0, 0.05) is 20.6 Å². The van der Waals surface area contributed by atoms with Gasteiger partial charge in [0.25, 0.3) is 0 Å². The van der Waals surface area contributed by atoms with E-state index in [9.17, 15) is 4.79 Å². The summed E-state index contributed by atoms with van der Waals surface area (Å²) in [5, 5.41) is 3.91. The van der Waals surface area contributed by atoms with Gasteiger partial charge in [0.1, 0.15) is 17.9 Å². The van der Waals surface area contributed by atoms with E-state index in [4.69, 9.17) is 4.74 Å². The maximum atomic E-state index is 11.7.